The maximum Gasteiger partial charge on any atom is 0.228 e. The summed E-state index contributed by atoms with van der Waals surface area (Å²) in [5.74, 6) is -0.125. The molecule has 1 heterocycles. The number of hydrogen-bond donors (Lipinski definition) is 1. The van der Waals surface area contributed by atoms with Crippen LogP contribution in [0.25, 0.3) is 0 Å². The minimum absolute atomic E-state index is 0.00893. The average Bonchev–Trinajstić information content (AvgIpc) is 2.68. The van der Waals surface area contributed by atoms with Crippen molar-refractivity contribution < 1.29 is 9.59 Å². The first-order valence-corrected chi connectivity index (χ1v) is 5.62. The van der Waals surface area contributed by atoms with Crippen LogP contribution < -0.4 is 10.2 Å². The van der Waals surface area contributed by atoms with Gasteiger partial charge < -0.3 is 10.2 Å². The van der Waals surface area contributed by atoms with Gasteiger partial charge in [-0.15, -0.1) is 0 Å². The van der Waals surface area contributed by atoms with Crippen molar-refractivity contribution >= 4 is 23.1 Å². The number of nitriles is 1. The molecule has 18 heavy (non-hydrogen) atoms. The van der Waals surface area contributed by atoms with Crippen molar-refractivity contribution in [2.24, 2.45) is 0 Å². The van der Waals surface area contributed by atoms with Crippen LogP contribution in [0.4, 0.5) is 11.4 Å². The van der Waals surface area contributed by atoms with E-state index >= 15 is 0 Å². The molecule has 0 fully saturated rings. The third-order valence-electron chi connectivity index (χ3n) is 2.84. The average molecular weight is 243 g/mol. The van der Waals surface area contributed by atoms with Crippen LogP contribution in [-0.4, -0.2) is 25.3 Å². The van der Waals surface area contributed by atoms with Gasteiger partial charge in [0.1, 0.15) is 0 Å². The zero-order valence-corrected chi connectivity index (χ0v) is 10.1. The summed E-state index contributed by atoms with van der Waals surface area (Å²) in [6, 6.07) is 7.42. The normalized spacial score (nSPS) is 12.6. The summed E-state index contributed by atoms with van der Waals surface area (Å²) in [6.45, 7) is 0.202. The van der Waals surface area contributed by atoms with Gasteiger partial charge in [-0.3, -0.25) is 9.59 Å². The first kappa shape index (κ1) is 12.1. The minimum atomic E-state index is -0.116. The molecule has 0 unspecified atom stereocenters. The summed E-state index contributed by atoms with van der Waals surface area (Å²) < 4.78 is 0. The van der Waals surface area contributed by atoms with Crippen molar-refractivity contribution in [2.45, 2.75) is 12.8 Å². The van der Waals surface area contributed by atoms with E-state index in [9.17, 15) is 9.59 Å². The molecule has 5 nitrogen and oxygen atoms in total. The number of fused-ring (bicyclic) bond motifs is 1. The lowest BCUT2D eigenvalue weighted by Crippen LogP contribution is -2.25. The van der Waals surface area contributed by atoms with Crippen molar-refractivity contribution in [1.82, 2.24) is 0 Å². The number of rotatable bonds is 4. The van der Waals surface area contributed by atoms with E-state index < -0.39 is 0 Å². The van der Waals surface area contributed by atoms with Gasteiger partial charge in [-0.25, -0.2) is 0 Å². The number of hydrogen-bond acceptors (Lipinski definition) is 4. The molecular weight excluding hydrogens is 230 g/mol. The zero-order chi connectivity index (χ0) is 13.1. The Labute approximate surface area is 105 Å². The van der Waals surface area contributed by atoms with E-state index in [-0.39, 0.29) is 24.7 Å². The second-order valence-corrected chi connectivity index (χ2v) is 4.30. The van der Waals surface area contributed by atoms with Gasteiger partial charge in [-0.2, -0.15) is 5.26 Å². The Morgan fingerprint density at radius 1 is 1.56 bits per heavy atom. The fourth-order valence-corrected chi connectivity index (χ4v) is 1.95. The Balaban J connectivity index is 2.11. The maximum atomic E-state index is 11.4. The fraction of sp³-hybridized carbons (Fsp3) is 0.308. The number of nitrogens with zero attached hydrogens (tertiary/aromatic N) is 2. The number of benzene rings is 1. The summed E-state index contributed by atoms with van der Waals surface area (Å²) in [4.78, 5) is 24.4. The van der Waals surface area contributed by atoms with Gasteiger partial charge in [-0.05, 0) is 23.8 Å². The van der Waals surface area contributed by atoms with Gasteiger partial charge in [-0.1, -0.05) is 0 Å². The largest absolute Gasteiger partial charge is 0.367 e. The molecule has 0 atom stereocenters. The molecule has 1 aliphatic heterocycles. The number of carbonyl (C=O) groups is 2. The van der Waals surface area contributed by atoms with Crippen molar-refractivity contribution in [2.75, 3.05) is 23.8 Å². The number of carbonyl (C=O) groups excluding carboxylic acids is 2. The lowest BCUT2D eigenvalue weighted by Gasteiger charge is -2.18. The van der Waals surface area contributed by atoms with Crippen molar-refractivity contribution in [3.63, 3.8) is 0 Å². The molecule has 1 N–H and O–H groups in total. The monoisotopic (exact) mass is 243 g/mol. The van der Waals surface area contributed by atoms with E-state index in [1.165, 1.54) is 0 Å². The molecular formula is C13H13N3O2. The number of Topliss-reactive ketones (excluding diaryl/α,β-unsaturated/α-hetero) is 1. The Bertz CT molecular complexity index is 546. The standard InChI is InChI=1S/C13H13N3O2/c1-16(8-11(17)4-5-14)10-2-3-12-9(6-10)7-13(18)15-12/h2-3,6H,4,7-8H2,1H3,(H,15,18). The Morgan fingerprint density at radius 2 is 2.33 bits per heavy atom. The second-order valence-electron chi connectivity index (χ2n) is 4.30. The summed E-state index contributed by atoms with van der Waals surface area (Å²) in [7, 11) is 1.79. The van der Waals surface area contributed by atoms with Gasteiger partial charge in [0.05, 0.1) is 25.5 Å². The quantitative estimate of drug-likeness (QED) is 0.859. The molecule has 0 bridgehead atoms. The van der Waals surface area contributed by atoms with E-state index in [4.69, 9.17) is 5.26 Å². The molecule has 1 amide bonds. The first-order chi connectivity index (χ1) is 8.60. The number of amides is 1. The molecule has 0 aromatic heterocycles. The molecule has 5 heteroatoms. The fourth-order valence-electron chi connectivity index (χ4n) is 1.95. The van der Waals surface area contributed by atoms with Gasteiger partial charge in [0.25, 0.3) is 0 Å². The van der Waals surface area contributed by atoms with Crippen molar-refractivity contribution in [3.8, 4) is 6.07 Å². The molecule has 2 rings (SSSR count). The molecule has 0 saturated carbocycles. The highest BCUT2D eigenvalue weighted by atomic mass is 16.1. The highest BCUT2D eigenvalue weighted by Crippen LogP contribution is 2.27. The molecule has 0 radical (unpaired) electrons. The first-order valence-electron chi connectivity index (χ1n) is 5.62. The predicted octanol–water partition coefficient (Wildman–Crippen LogP) is 1.10. The Morgan fingerprint density at radius 3 is 3.06 bits per heavy atom. The third-order valence-corrected chi connectivity index (χ3v) is 2.84. The van der Waals surface area contributed by atoms with Crippen LogP contribution in [0, 0.1) is 11.3 Å². The summed E-state index contributed by atoms with van der Waals surface area (Å²) >= 11 is 0. The Kier molecular flexibility index (Phi) is 3.28. The molecule has 0 saturated heterocycles. The lowest BCUT2D eigenvalue weighted by molar-refractivity contribution is -0.117. The van der Waals surface area contributed by atoms with E-state index in [1.807, 2.05) is 24.3 Å². The SMILES string of the molecule is CN(CC(=O)CC#N)c1ccc2c(c1)CC(=O)N2. The lowest BCUT2D eigenvalue weighted by atomic mass is 10.1. The molecule has 92 valence electrons. The minimum Gasteiger partial charge on any atom is -0.367 e. The highest BCUT2D eigenvalue weighted by Gasteiger charge is 2.18. The van der Waals surface area contributed by atoms with Crippen molar-refractivity contribution in [1.29, 1.82) is 5.26 Å². The summed E-state index contributed by atoms with van der Waals surface area (Å²) in [6.07, 6.45) is 0.304. The zero-order valence-electron chi connectivity index (χ0n) is 10.1. The number of anilines is 2. The topological polar surface area (TPSA) is 73.2 Å². The van der Waals surface area contributed by atoms with Crippen LogP contribution in [0.2, 0.25) is 0 Å². The Hall–Kier alpha value is -2.35. The number of nitrogens with one attached hydrogen (secondary N) is 1. The molecule has 1 aromatic carbocycles. The van der Waals surface area contributed by atoms with Gasteiger partial charge >= 0.3 is 0 Å². The van der Waals surface area contributed by atoms with Crippen LogP contribution in [0.5, 0.6) is 0 Å². The number of ketones is 1. The van der Waals surface area contributed by atoms with E-state index in [2.05, 4.69) is 5.32 Å². The van der Waals surface area contributed by atoms with Crippen LogP contribution in [0.15, 0.2) is 18.2 Å². The molecule has 1 aliphatic rings. The van der Waals surface area contributed by atoms with Crippen LogP contribution in [0.3, 0.4) is 0 Å². The van der Waals surface area contributed by atoms with Crippen molar-refractivity contribution in [3.05, 3.63) is 23.8 Å². The highest BCUT2D eigenvalue weighted by molar-refractivity contribution is 5.99. The van der Waals surface area contributed by atoms with Crippen LogP contribution in [-0.2, 0) is 16.0 Å². The third kappa shape index (κ3) is 2.48. The van der Waals surface area contributed by atoms with E-state index in [0.29, 0.717) is 6.42 Å². The molecule has 1 aromatic rings. The summed E-state index contributed by atoms with van der Waals surface area (Å²) in [5, 5.41) is 11.2. The molecule has 0 spiro atoms. The van der Waals surface area contributed by atoms with E-state index in [0.717, 1.165) is 16.9 Å². The van der Waals surface area contributed by atoms with Gasteiger partial charge in [0, 0.05) is 18.4 Å². The summed E-state index contributed by atoms with van der Waals surface area (Å²) in [5.41, 5.74) is 2.65. The van der Waals surface area contributed by atoms with E-state index in [1.54, 1.807) is 11.9 Å². The van der Waals surface area contributed by atoms with Gasteiger partial charge in [0.15, 0.2) is 5.78 Å². The van der Waals surface area contributed by atoms with Gasteiger partial charge in [0.2, 0.25) is 5.91 Å². The second kappa shape index (κ2) is 4.88. The maximum absolute atomic E-state index is 11.4. The number of likely N-dealkylation sites (N-methyl/N-ethyl adjacent to an activating group) is 1. The van der Waals surface area contributed by atoms with Crippen LogP contribution >= 0.6 is 0 Å². The smallest absolute Gasteiger partial charge is 0.228 e. The van der Waals surface area contributed by atoms with Crippen LogP contribution in [0.1, 0.15) is 12.0 Å². The molecule has 0 aliphatic carbocycles. The predicted molar refractivity (Wildman–Crippen MR) is 67.3 cm³/mol.